The van der Waals surface area contributed by atoms with Gasteiger partial charge in [0.1, 0.15) is 12.4 Å². The van der Waals surface area contributed by atoms with E-state index in [0.717, 1.165) is 0 Å². The van der Waals surface area contributed by atoms with Crippen LogP contribution in [-0.4, -0.2) is 28.6 Å². The largest absolute Gasteiger partial charge is 0.358 e. The predicted octanol–water partition coefficient (Wildman–Crippen LogP) is 1.78. The van der Waals surface area contributed by atoms with Crippen LogP contribution in [0.4, 0.5) is 10.1 Å². The molecule has 8 heteroatoms. The zero-order valence-electron chi connectivity index (χ0n) is 11.1. The van der Waals surface area contributed by atoms with Gasteiger partial charge >= 0.3 is 0 Å². The number of nitrogens with zero attached hydrogens (tertiary/aromatic N) is 2. The van der Waals surface area contributed by atoms with Gasteiger partial charge in [0, 0.05) is 18.8 Å². The number of carbonyl (C=O) groups is 2. The number of likely N-dealkylation sites (N-methyl/N-ethyl adjacent to an activating group) is 1. The Labute approximate surface area is 128 Å². The van der Waals surface area contributed by atoms with Crippen molar-refractivity contribution < 1.29 is 14.0 Å². The van der Waals surface area contributed by atoms with Gasteiger partial charge in [0.05, 0.1) is 16.4 Å². The summed E-state index contributed by atoms with van der Waals surface area (Å²) < 4.78 is 14.7. The fourth-order valence-electron chi connectivity index (χ4n) is 1.58. The van der Waals surface area contributed by atoms with E-state index in [1.807, 2.05) is 0 Å². The molecule has 0 bridgehead atoms. The van der Waals surface area contributed by atoms with Gasteiger partial charge in [-0.05, 0) is 34.1 Å². The van der Waals surface area contributed by atoms with E-state index in [4.69, 9.17) is 0 Å². The lowest BCUT2D eigenvalue weighted by Gasteiger charge is -2.03. The van der Waals surface area contributed by atoms with Crippen molar-refractivity contribution in [3.63, 3.8) is 0 Å². The number of carbonyl (C=O) groups excluding carboxylic acids is 2. The minimum Gasteiger partial charge on any atom is -0.358 e. The Bertz CT molecular complexity index is 687. The van der Waals surface area contributed by atoms with Gasteiger partial charge in [-0.2, -0.15) is 5.10 Å². The van der Waals surface area contributed by atoms with Gasteiger partial charge in [-0.1, -0.05) is 0 Å². The fraction of sp³-hybridized carbons (Fsp3) is 0.154. The lowest BCUT2D eigenvalue weighted by molar-refractivity contribution is -0.121. The Morgan fingerprint density at radius 1 is 1.43 bits per heavy atom. The molecule has 1 aromatic heterocycles. The number of benzene rings is 1. The van der Waals surface area contributed by atoms with Crippen molar-refractivity contribution in [3.8, 4) is 0 Å². The molecule has 0 aliphatic rings. The van der Waals surface area contributed by atoms with Crippen molar-refractivity contribution in [1.82, 2.24) is 15.1 Å². The molecular weight excluding hydrogens is 343 g/mol. The van der Waals surface area contributed by atoms with Crippen molar-refractivity contribution in [1.29, 1.82) is 0 Å². The highest BCUT2D eigenvalue weighted by atomic mass is 79.9. The van der Waals surface area contributed by atoms with Crippen LogP contribution in [0.5, 0.6) is 0 Å². The van der Waals surface area contributed by atoms with Crippen LogP contribution in [0.15, 0.2) is 35.1 Å². The number of rotatable bonds is 4. The maximum Gasteiger partial charge on any atom is 0.255 e. The second kappa shape index (κ2) is 6.49. The molecule has 6 nitrogen and oxygen atoms in total. The fourth-order valence-corrected chi connectivity index (χ4v) is 1.96. The SMILES string of the molecule is CNC(=O)Cn1cc(NC(=O)c2ccc(F)c(Br)c2)cn1. The summed E-state index contributed by atoms with van der Waals surface area (Å²) >= 11 is 3.02. The first kappa shape index (κ1) is 15.2. The molecule has 2 rings (SSSR count). The standard InChI is InChI=1S/C13H12BrFN4O2/c1-16-12(20)7-19-6-9(5-17-19)18-13(21)8-2-3-11(15)10(14)4-8/h2-6H,7H2,1H3,(H,16,20)(H,18,21). The molecular formula is C13H12BrFN4O2. The summed E-state index contributed by atoms with van der Waals surface area (Å²) in [5.41, 5.74) is 0.756. The topological polar surface area (TPSA) is 76.0 Å². The Kier molecular flexibility index (Phi) is 4.69. The van der Waals surface area contributed by atoms with Crippen molar-refractivity contribution in [3.05, 3.63) is 46.4 Å². The van der Waals surface area contributed by atoms with E-state index in [9.17, 15) is 14.0 Å². The third kappa shape index (κ3) is 3.88. The summed E-state index contributed by atoms with van der Waals surface area (Å²) in [6.45, 7) is 0.0640. The Morgan fingerprint density at radius 2 is 2.19 bits per heavy atom. The molecule has 0 spiro atoms. The molecule has 1 heterocycles. The first-order valence-corrected chi connectivity index (χ1v) is 6.78. The molecule has 0 saturated heterocycles. The molecule has 110 valence electrons. The average molecular weight is 355 g/mol. The van der Waals surface area contributed by atoms with E-state index in [2.05, 4.69) is 31.7 Å². The van der Waals surface area contributed by atoms with Gasteiger partial charge in [-0.15, -0.1) is 0 Å². The van der Waals surface area contributed by atoms with Crippen molar-refractivity contribution in [2.75, 3.05) is 12.4 Å². The summed E-state index contributed by atoms with van der Waals surface area (Å²) in [6, 6.07) is 3.97. The number of nitrogens with one attached hydrogen (secondary N) is 2. The van der Waals surface area contributed by atoms with Crippen LogP contribution >= 0.6 is 15.9 Å². The second-order valence-electron chi connectivity index (χ2n) is 4.18. The Balaban J connectivity index is 2.05. The van der Waals surface area contributed by atoms with Crippen LogP contribution in [0.3, 0.4) is 0 Å². The molecule has 0 fully saturated rings. The average Bonchev–Trinajstić information content (AvgIpc) is 2.88. The zero-order valence-corrected chi connectivity index (χ0v) is 12.6. The second-order valence-corrected chi connectivity index (χ2v) is 5.04. The van der Waals surface area contributed by atoms with Gasteiger partial charge in [-0.25, -0.2) is 4.39 Å². The molecule has 0 saturated carbocycles. The molecule has 2 amide bonds. The highest BCUT2D eigenvalue weighted by Crippen LogP contribution is 2.17. The maximum atomic E-state index is 13.1. The molecule has 0 aliphatic carbocycles. The molecule has 2 aromatic rings. The summed E-state index contributed by atoms with van der Waals surface area (Å²) in [6.07, 6.45) is 2.96. The predicted molar refractivity (Wildman–Crippen MR) is 78.3 cm³/mol. The van der Waals surface area contributed by atoms with E-state index < -0.39 is 11.7 Å². The van der Waals surface area contributed by atoms with E-state index >= 15 is 0 Å². The highest BCUT2D eigenvalue weighted by molar-refractivity contribution is 9.10. The Morgan fingerprint density at radius 3 is 2.86 bits per heavy atom. The van der Waals surface area contributed by atoms with Crippen LogP contribution in [-0.2, 0) is 11.3 Å². The number of amides is 2. The molecule has 0 aliphatic heterocycles. The summed E-state index contributed by atoms with van der Waals surface area (Å²) in [7, 11) is 1.53. The summed E-state index contributed by atoms with van der Waals surface area (Å²) in [5, 5.41) is 9.05. The lowest BCUT2D eigenvalue weighted by Crippen LogP contribution is -2.23. The zero-order chi connectivity index (χ0) is 15.4. The van der Waals surface area contributed by atoms with Crippen LogP contribution in [0.1, 0.15) is 10.4 Å². The number of hydrogen-bond acceptors (Lipinski definition) is 3. The monoisotopic (exact) mass is 354 g/mol. The van der Waals surface area contributed by atoms with Gasteiger partial charge in [0.25, 0.3) is 5.91 Å². The van der Waals surface area contributed by atoms with Gasteiger partial charge in [-0.3, -0.25) is 14.3 Å². The minimum atomic E-state index is -0.440. The molecule has 2 N–H and O–H groups in total. The number of aromatic nitrogens is 2. The number of hydrogen-bond donors (Lipinski definition) is 2. The quantitative estimate of drug-likeness (QED) is 0.878. The molecule has 1 aromatic carbocycles. The van der Waals surface area contributed by atoms with Crippen molar-refractivity contribution >= 4 is 33.4 Å². The minimum absolute atomic E-state index is 0.0640. The summed E-state index contributed by atoms with van der Waals surface area (Å²) in [4.78, 5) is 23.2. The first-order valence-electron chi connectivity index (χ1n) is 5.99. The van der Waals surface area contributed by atoms with Gasteiger partial charge < -0.3 is 10.6 Å². The first-order chi connectivity index (χ1) is 9.99. The van der Waals surface area contributed by atoms with Crippen LogP contribution in [0.2, 0.25) is 0 Å². The highest BCUT2D eigenvalue weighted by Gasteiger charge is 2.10. The van der Waals surface area contributed by atoms with Crippen molar-refractivity contribution in [2.45, 2.75) is 6.54 Å². The van der Waals surface area contributed by atoms with Gasteiger partial charge in [0.15, 0.2) is 0 Å². The van der Waals surface area contributed by atoms with E-state index in [-0.39, 0.29) is 16.9 Å². The normalized spacial score (nSPS) is 10.2. The Hall–Kier alpha value is -2.22. The van der Waals surface area contributed by atoms with Crippen LogP contribution in [0.25, 0.3) is 0 Å². The third-order valence-electron chi connectivity index (χ3n) is 2.66. The van der Waals surface area contributed by atoms with E-state index in [0.29, 0.717) is 11.3 Å². The molecule has 21 heavy (non-hydrogen) atoms. The molecule has 0 radical (unpaired) electrons. The van der Waals surface area contributed by atoms with Crippen LogP contribution in [0, 0.1) is 5.82 Å². The smallest absolute Gasteiger partial charge is 0.255 e. The van der Waals surface area contributed by atoms with E-state index in [1.165, 1.54) is 42.3 Å². The lowest BCUT2D eigenvalue weighted by atomic mass is 10.2. The number of halogens is 2. The maximum absolute atomic E-state index is 13.1. The van der Waals surface area contributed by atoms with Crippen LogP contribution < -0.4 is 10.6 Å². The molecule has 0 unspecified atom stereocenters. The summed E-state index contributed by atoms with van der Waals surface area (Å²) in [5.74, 6) is -1.03. The van der Waals surface area contributed by atoms with Gasteiger partial charge in [0.2, 0.25) is 5.91 Å². The number of anilines is 1. The van der Waals surface area contributed by atoms with E-state index in [1.54, 1.807) is 0 Å². The third-order valence-corrected chi connectivity index (χ3v) is 3.27. The molecule has 0 atom stereocenters. The van der Waals surface area contributed by atoms with Crippen molar-refractivity contribution in [2.24, 2.45) is 0 Å².